The third-order valence-electron chi connectivity index (χ3n) is 3.34. The zero-order chi connectivity index (χ0) is 14.8. The highest BCUT2D eigenvalue weighted by molar-refractivity contribution is 7.92. The van der Waals surface area contributed by atoms with E-state index in [1.165, 1.54) is 0 Å². The summed E-state index contributed by atoms with van der Waals surface area (Å²) in [6.07, 6.45) is 1.88. The Hall–Kier alpha value is -1.60. The van der Waals surface area contributed by atoms with Crippen LogP contribution in [-0.4, -0.2) is 33.7 Å². The number of carbonyl (C=O) groups excluding carboxylic acids is 1. The van der Waals surface area contributed by atoms with Gasteiger partial charge in [0.15, 0.2) is 0 Å². The van der Waals surface area contributed by atoms with Crippen LogP contribution in [0.5, 0.6) is 0 Å². The van der Waals surface area contributed by atoms with E-state index < -0.39 is 15.4 Å². The molecule has 1 heterocycles. The second kappa shape index (κ2) is 5.41. The minimum absolute atomic E-state index is 0.0565. The van der Waals surface area contributed by atoms with Gasteiger partial charge in [-0.3, -0.25) is 9.52 Å². The van der Waals surface area contributed by atoms with Gasteiger partial charge in [-0.1, -0.05) is 6.07 Å². The first-order chi connectivity index (χ1) is 9.28. The number of anilines is 2. The van der Waals surface area contributed by atoms with Crippen LogP contribution in [0.1, 0.15) is 13.3 Å². The molecule has 0 aliphatic carbocycles. The second-order valence-electron chi connectivity index (χ2n) is 5.40. The van der Waals surface area contributed by atoms with Crippen molar-refractivity contribution in [2.24, 2.45) is 5.41 Å². The molecule has 1 aromatic rings. The monoisotopic (exact) mass is 297 g/mol. The minimum Gasteiger partial charge on any atom is -0.326 e. The summed E-state index contributed by atoms with van der Waals surface area (Å²) < 4.78 is 24.8. The van der Waals surface area contributed by atoms with Crippen molar-refractivity contribution in [1.29, 1.82) is 0 Å². The summed E-state index contributed by atoms with van der Waals surface area (Å²) in [6, 6.07) is 6.66. The number of benzene rings is 1. The Morgan fingerprint density at radius 2 is 2.05 bits per heavy atom. The van der Waals surface area contributed by atoms with Gasteiger partial charge in [0.1, 0.15) is 0 Å². The summed E-state index contributed by atoms with van der Waals surface area (Å²) in [5.41, 5.74) is 0.595. The molecule has 3 N–H and O–H groups in total. The molecule has 1 amide bonds. The summed E-state index contributed by atoms with van der Waals surface area (Å²) in [5.74, 6) is -0.0565. The van der Waals surface area contributed by atoms with Crippen molar-refractivity contribution in [2.45, 2.75) is 13.3 Å². The van der Waals surface area contributed by atoms with Crippen LogP contribution < -0.4 is 15.4 Å². The normalized spacial score (nSPS) is 22.5. The number of nitrogens with one attached hydrogen (secondary N) is 3. The van der Waals surface area contributed by atoms with E-state index in [9.17, 15) is 13.2 Å². The standard InChI is InChI=1S/C13H19N3O3S/c1-13(6-7-14-9-13)12(17)15-10-4-3-5-11(8-10)16-20(2,18)19/h3-5,8,14,16H,6-7,9H2,1-2H3,(H,15,17). The van der Waals surface area contributed by atoms with Crippen molar-refractivity contribution in [3.63, 3.8) is 0 Å². The molecule has 20 heavy (non-hydrogen) atoms. The molecule has 1 aliphatic heterocycles. The zero-order valence-electron chi connectivity index (χ0n) is 11.6. The number of rotatable bonds is 4. The molecule has 1 saturated heterocycles. The smallest absolute Gasteiger partial charge is 0.231 e. The van der Waals surface area contributed by atoms with E-state index in [0.717, 1.165) is 19.2 Å². The molecule has 0 spiro atoms. The molecule has 1 aromatic carbocycles. The van der Waals surface area contributed by atoms with Crippen molar-refractivity contribution in [1.82, 2.24) is 5.32 Å². The van der Waals surface area contributed by atoms with Crippen molar-refractivity contribution in [2.75, 3.05) is 29.4 Å². The lowest BCUT2D eigenvalue weighted by molar-refractivity contribution is -0.123. The summed E-state index contributed by atoms with van der Waals surface area (Å²) in [4.78, 5) is 12.2. The quantitative estimate of drug-likeness (QED) is 0.773. The van der Waals surface area contributed by atoms with E-state index >= 15 is 0 Å². The first-order valence-electron chi connectivity index (χ1n) is 6.39. The van der Waals surface area contributed by atoms with Crippen LogP contribution in [0.25, 0.3) is 0 Å². The van der Waals surface area contributed by atoms with Crippen LogP contribution in [0.3, 0.4) is 0 Å². The van der Waals surface area contributed by atoms with E-state index in [-0.39, 0.29) is 5.91 Å². The lowest BCUT2D eigenvalue weighted by Crippen LogP contribution is -2.35. The lowest BCUT2D eigenvalue weighted by Gasteiger charge is -2.21. The molecule has 1 atom stereocenters. The van der Waals surface area contributed by atoms with E-state index in [0.29, 0.717) is 17.9 Å². The van der Waals surface area contributed by atoms with Crippen LogP contribution in [0.2, 0.25) is 0 Å². The molecule has 1 aliphatic rings. The fourth-order valence-corrected chi connectivity index (χ4v) is 2.72. The van der Waals surface area contributed by atoms with Gasteiger partial charge in [-0.2, -0.15) is 0 Å². The van der Waals surface area contributed by atoms with Gasteiger partial charge in [0.25, 0.3) is 0 Å². The van der Waals surface area contributed by atoms with Gasteiger partial charge in [-0.25, -0.2) is 8.42 Å². The van der Waals surface area contributed by atoms with Crippen LogP contribution >= 0.6 is 0 Å². The SMILES string of the molecule is CC1(C(=O)Nc2cccc(NS(C)(=O)=O)c2)CCNC1. The number of amides is 1. The second-order valence-corrected chi connectivity index (χ2v) is 7.15. The van der Waals surface area contributed by atoms with Crippen molar-refractivity contribution in [3.05, 3.63) is 24.3 Å². The third-order valence-corrected chi connectivity index (χ3v) is 3.95. The predicted octanol–water partition coefficient (Wildman–Crippen LogP) is 0.996. The molecule has 0 aromatic heterocycles. The summed E-state index contributed by atoms with van der Waals surface area (Å²) in [7, 11) is -3.32. The molecule has 7 heteroatoms. The molecule has 0 radical (unpaired) electrons. The molecule has 6 nitrogen and oxygen atoms in total. The fraction of sp³-hybridized carbons (Fsp3) is 0.462. The van der Waals surface area contributed by atoms with Crippen LogP contribution in [0, 0.1) is 5.41 Å². The van der Waals surface area contributed by atoms with Gasteiger partial charge in [-0.05, 0) is 38.1 Å². The van der Waals surface area contributed by atoms with Crippen LogP contribution in [-0.2, 0) is 14.8 Å². The summed E-state index contributed by atoms with van der Waals surface area (Å²) in [5, 5.41) is 6.01. The molecular formula is C13H19N3O3S. The largest absolute Gasteiger partial charge is 0.326 e. The van der Waals surface area contributed by atoms with Crippen LogP contribution in [0.4, 0.5) is 11.4 Å². The highest BCUT2D eigenvalue weighted by Gasteiger charge is 2.36. The average molecular weight is 297 g/mol. The summed E-state index contributed by atoms with van der Waals surface area (Å²) in [6.45, 7) is 3.40. The minimum atomic E-state index is -3.32. The Morgan fingerprint density at radius 3 is 2.65 bits per heavy atom. The Labute approximate surface area is 119 Å². The third kappa shape index (κ3) is 3.71. The van der Waals surface area contributed by atoms with Gasteiger partial charge < -0.3 is 10.6 Å². The maximum absolute atomic E-state index is 12.2. The maximum Gasteiger partial charge on any atom is 0.231 e. The zero-order valence-corrected chi connectivity index (χ0v) is 12.4. The Balaban J connectivity index is 2.10. The molecule has 0 bridgehead atoms. The first kappa shape index (κ1) is 14.8. The number of carbonyl (C=O) groups is 1. The van der Waals surface area contributed by atoms with Gasteiger partial charge in [-0.15, -0.1) is 0 Å². The Kier molecular flexibility index (Phi) is 4.01. The number of hydrogen-bond donors (Lipinski definition) is 3. The molecule has 2 rings (SSSR count). The van der Waals surface area contributed by atoms with Gasteiger partial charge in [0, 0.05) is 12.2 Å². The number of hydrogen-bond acceptors (Lipinski definition) is 4. The molecule has 110 valence electrons. The number of sulfonamides is 1. The molecular weight excluding hydrogens is 278 g/mol. The van der Waals surface area contributed by atoms with Gasteiger partial charge in [0.05, 0.1) is 17.4 Å². The average Bonchev–Trinajstić information content (AvgIpc) is 2.76. The highest BCUT2D eigenvalue weighted by Crippen LogP contribution is 2.27. The first-order valence-corrected chi connectivity index (χ1v) is 8.28. The molecule has 1 unspecified atom stereocenters. The van der Waals surface area contributed by atoms with Gasteiger partial charge >= 0.3 is 0 Å². The van der Waals surface area contributed by atoms with E-state index in [1.807, 2.05) is 6.92 Å². The summed E-state index contributed by atoms with van der Waals surface area (Å²) >= 11 is 0. The highest BCUT2D eigenvalue weighted by atomic mass is 32.2. The van der Waals surface area contributed by atoms with E-state index in [2.05, 4.69) is 15.4 Å². The van der Waals surface area contributed by atoms with E-state index in [1.54, 1.807) is 24.3 Å². The predicted molar refractivity (Wildman–Crippen MR) is 79.1 cm³/mol. The van der Waals surface area contributed by atoms with Crippen molar-refractivity contribution >= 4 is 27.3 Å². The van der Waals surface area contributed by atoms with Crippen molar-refractivity contribution in [3.8, 4) is 0 Å². The van der Waals surface area contributed by atoms with E-state index in [4.69, 9.17) is 0 Å². The van der Waals surface area contributed by atoms with Crippen LogP contribution in [0.15, 0.2) is 24.3 Å². The Bertz CT molecular complexity index is 607. The van der Waals surface area contributed by atoms with Gasteiger partial charge in [0.2, 0.25) is 15.9 Å². The molecule has 0 saturated carbocycles. The lowest BCUT2D eigenvalue weighted by atomic mass is 9.89. The fourth-order valence-electron chi connectivity index (χ4n) is 2.17. The van der Waals surface area contributed by atoms with Crippen molar-refractivity contribution < 1.29 is 13.2 Å². The Morgan fingerprint density at radius 1 is 1.35 bits per heavy atom. The molecule has 1 fully saturated rings. The maximum atomic E-state index is 12.2. The topological polar surface area (TPSA) is 87.3 Å².